The van der Waals surface area contributed by atoms with E-state index < -0.39 is 0 Å². The number of furan rings is 1. The molecule has 1 heterocycles. The lowest BCUT2D eigenvalue weighted by Gasteiger charge is -2.04. The number of phenolic OH excluding ortho intramolecular Hbond substituents is 1. The third kappa shape index (κ3) is 2.84. The van der Waals surface area contributed by atoms with Crippen molar-refractivity contribution in [1.29, 1.82) is 0 Å². The molecule has 3 aromatic rings. The summed E-state index contributed by atoms with van der Waals surface area (Å²) in [7, 11) is 3.06. The molecule has 0 aliphatic rings. The third-order valence-corrected chi connectivity index (χ3v) is 3.66. The van der Waals surface area contributed by atoms with E-state index in [9.17, 15) is 9.90 Å². The van der Waals surface area contributed by atoms with Crippen LogP contribution < -0.4 is 9.47 Å². The van der Waals surface area contributed by atoms with E-state index in [2.05, 4.69) is 0 Å². The highest BCUT2D eigenvalue weighted by Gasteiger charge is 2.13. The van der Waals surface area contributed by atoms with Crippen LogP contribution in [0.25, 0.3) is 28.4 Å². The van der Waals surface area contributed by atoms with E-state index in [-0.39, 0.29) is 5.75 Å². The Hall–Kier alpha value is -3.21. The molecule has 0 atom stereocenters. The second-order valence-electron chi connectivity index (χ2n) is 5.13. The van der Waals surface area contributed by atoms with Crippen LogP contribution in [0.4, 0.5) is 0 Å². The molecule has 122 valence electrons. The lowest BCUT2D eigenvalue weighted by atomic mass is 10.1. The number of ether oxygens (including phenoxy) is 2. The van der Waals surface area contributed by atoms with Gasteiger partial charge in [-0.2, -0.15) is 0 Å². The van der Waals surface area contributed by atoms with E-state index in [0.29, 0.717) is 22.8 Å². The first-order chi connectivity index (χ1) is 11.7. The number of allylic oxidation sites excluding steroid dienone is 1. The lowest BCUT2D eigenvalue weighted by molar-refractivity contribution is -0.104. The number of phenols is 1. The zero-order valence-corrected chi connectivity index (χ0v) is 13.3. The Morgan fingerprint density at radius 3 is 2.54 bits per heavy atom. The maximum absolute atomic E-state index is 10.5. The van der Waals surface area contributed by atoms with Crippen molar-refractivity contribution in [2.45, 2.75) is 0 Å². The van der Waals surface area contributed by atoms with E-state index in [0.717, 1.165) is 22.8 Å². The second kappa shape index (κ2) is 6.50. The molecular weight excluding hydrogens is 308 g/mol. The number of carbonyl (C=O) groups is 1. The Labute approximate surface area is 138 Å². The van der Waals surface area contributed by atoms with E-state index in [4.69, 9.17) is 13.9 Å². The van der Waals surface area contributed by atoms with Crippen molar-refractivity contribution in [3.05, 3.63) is 48.0 Å². The summed E-state index contributed by atoms with van der Waals surface area (Å²) in [6.45, 7) is 0. The molecule has 0 aliphatic carbocycles. The summed E-state index contributed by atoms with van der Waals surface area (Å²) in [5.41, 5.74) is 2.22. The van der Waals surface area contributed by atoms with Crippen molar-refractivity contribution >= 4 is 23.3 Å². The summed E-state index contributed by atoms with van der Waals surface area (Å²) >= 11 is 0. The van der Waals surface area contributed by atoms with Crippen LogP contribution >= 0.6 is 0 Å². The van der Waals surface area contributed by atoms with Crippen LogP contribution in [-0.4, -0.2) is 25.6 Å². The van der Waals surface area contributed by atoms with E-state index in [1.807, 2.05) is 12.1 Å². The van der Waals surface area contributed by atoms with Crippen molar-refractivity contribution < 1.29 is 23.8 Å². The van der Waals surface area contributed by atoms with Crippen LogP contribution in [0.5, 0.6) is 17.2 Å². The molecule has 0 saturated carbocycles. The minimum atomic E-state index is 0.0660. The zero-order valence-electron chi connectivity index (χ0n) is 13.3. The van der Waals surface area contributed by atoms with Crippen LogP contribution in [0.2, 0.25) is 0 Å². The van der Waals surface area contributed by atoms with Crippen LogP contribution in [0.1, 0.15) is 5.56 Å². The summed E-state index contributed by atoms with van der Waals surface area (Å²) in [6.07, 6.45) is 3.85. The molecule has 1 aromatic heterocycles. The highest BCUT2D eigenvalue weighted by Crippen LogP contribution is 2.37. The smallest absolute Gasteiger partial charge is 0.176 e. The largest absolute Gasteiger partial charge is 0.504 e. The molecule has 5 heteroatoms. The number of benzene rings is 2. The van der Waals surface area contributed by atoms with Gasteiger partial charge in [-0.05, 0) is 48.0 Å². The van der Waals surface area contributed by atoms with Gasteiger partial charge in [-0.15, -0.1) is 0 Å². The highest BCUT2D eigenvalue weighted by atomic mass is 16.5. The number of hydrogen-bond acceptors (Lipinski definition) is 5. The van der Waals surface area contributed by atoms with Gasteiger partial charge >= 0.3 is 0 Å². The standard InChI is InChI=1S/C19H16O5/c1-22-17-10-13(5-6-15(17)21)16-11-14-8-12(4-3-7-20)9-18(23-2)19(14)24-16/h3-11,21H,1-2H3. The SMILES string of the molecule is COc1cc(-c2cc3cc(C=CC=O)cc(OC)c3o2)ccc1O. The molecule has 3 rings (SSSR count). The number of hydrogen-bond donors (Lipinski definition) is 1. The van der Waals surface area contributed by atoms with E-state index in [1.54, 1.807) is 37.5 Å². The molecule has 0 amide bonds. The van der Waals surface area contributed by atoms with Gasteiger partial charge in [0.15, 0.2) is 22.8 Å². The molecule has 24 heavy (non-hydrogen) atoms. The van der Waals surface area contributed by atoms with Crippen LogP contribution in [0.15, 0.2) is 46.9 Å². The fraction of sp³-hybridized carbons (Fsp3) is 0.105. The summed E-state index contributed by atoms with van der Waals surface area (Å²) in [4.78, 5) is 10.5. The zero-order chi connectivity index (χ0) is 17.1. The fourth-order valence-corrected chi connectivity index (χ4v) is 2.51. The average Bonchev–Trinajstić information content (AvgIpc) is 3.03. The first-order valence-electron chi connectivity index (χ1n) is 7.27. The predicted octanol–water partition coefficient (Wildman–Crippen LogP) is 4.03. The molecule has 5 nitrogen and oxygen atoms in total. The number of fused-ring (bicyclic) bond motifs is 1. The Bertz CT molecular complexity index is 921. The van der Waals surface area contributed by atoms with Crippen molar-refractivity contribution in [3.63, 3.8) is 0 Å². The van der Waals surface area contributed by atoms with Gasteiger partial charge in [0.2, 0.25) is 0 Å². The highest BCUT2D eigenvalue weighted by molar-refractivity contribution is 5.90. The van der Waals surface area contributed by atoms with Crippen molar-refractivity contribution in [3.8, 4) is 28.6 Å². The molecule has 0 radical (unpaired) electrons. The molecule has 0 unspecified atom stereocenters. The summed E-state index contributed by atoms with van der Waals surface area (Å²) < 4.78 is 16.4. The molecule has 0 saturated heterocycles. The Balaban J connectivity index is 2.13. The average molecular weight is 324 g/mol. The van der Waals surface area contributed by atoms with Gasteiger partial charge in [0.05, 0.1) is 14.2 Å². The molecule has 2 aromatic carbocycles. The van der Waals surface area contributed by atoms with Crippen molar-refractivity contribution in [2.75, 3.05) is 14.2 Å². The topological polar surface area (TPSA) is 68.9 Å². The summed E-state index contributed by atoms with van der Waals surface area (Å²) in [5.74, 6) is 1.64. The number of aromatic hydroxyl groups is 1. The Morgan fingerprint density at radius 1 is 1.04 bits per heavy atom. The lowest BCUT2D eigenvalue weighted by Crippen LogP contribution is -1.84. The maximum atomic E-state index is 10.5. The summed E-state index contributed by atoms with van der Waals surface area (Å²) in [6, 6.07) is 10.6. The van der Waals surface area contributed by atoms with Crippen molar-refractivity contribution in [1.82, 2.24) is 0 Å². The van der Waals surface area contributed by atoms with Crippen LogP contribution in [0, 0.1) is 0 Å². The van der Waals surface area contributed by atoms with Gasteiger partial charge in [-0.3, -0.25) is 4.79 Å². The monoisotopic (exact) mass is 324 g/mol. The first-order valence-corrected chi connectivity index (χ1v) is 7.27. The van der Waals surface area contributed by atoms with Gasteiger partial charge < -0.3 is 19.0 Å². The number of carbonyl (C=O) groups excluding carboxylic acids is 1. The second-order valence-corrected chi connectivity index (χ2v) is 5.13. The molecular formula is C19H16O5. The van der Waals surface area contributed by atoms with Crippen LogP contribution in [0.3, 0.4) is 0 Å². The van der Waals surface area contributed by atoms with E-state index in [1.165, 1.54) is 13.2 Å². The fourth-order valence-electron chi connectivity index (χ4n) is 2.51. The molecule has 0 bridgehead atoms. The first kappa shape index (κ1) is 15.7. The number of rotatable bonds is 5. The third-order valence-electron chi connectivity index (χ3n) is 3.66. The predicted molar refractivity (Wildman–Crippen MR) is 91.5 cm³/mol. The molecule has 0 fully saturated rings. The minimum Gasteiger partial charge on any atom is -0.504 e. The van der Waals surface area contributed by atoms with Gasteiger partial charge in [0.25, 0.3) is 0 Å². The van der Waals surface area contributed by atoms with E-state index >= 15 is 0 Å². The Morgan fingerprint density at radius 2 is 1.83 bits per heavy atom. The Kier molecular flexibility index (Phi) is 4.24. The number of aldehydes is 1. The minimum absolute atomic E-state index is 0.0660. The quantitative estimate of drug-likeness (QED) is 0.567. The number of methoxy groups -OCH3 is 2. The molecule has 0 spiro atoms. The van der Waals surface area contributed by atoms with Gasteiger partial charge in [-0.1, -0.05) is 6.08 Å². The molecule has 1 N–H and O–H groups in total. The maximum Gasteiger partial charge on any atom is 0.176 e. The molecule has 0 aliphatic heterocycles. The summed E-state index contributed by atoms with van der Waals surface area (Å²) in [5, 5.41) is 10.6. The normalized spacial score (nSPS) is 11.1. The van der Waals surface area contributed by atoms with Gasteiger partial charge in [0, 0.05) is 10.9 Å². The van der Waals surface area contributed by atoms with Crippen molar-refractivity contribution in [2.24, 2.45) is 0 Å². The van der Waals surface area contributed by atoms with Crippen LogP contribution in [-0.2, 0) is 4.79 Å². The van der Waals surface area contributed by atoms with Gasteiger partial charge in [-0.25, -0.2) is 0 Å². The van der Waals surface area contributed by atoms with Gasteiger partial charge in [0.1, 0.15) is 12.0 Å².